The highest BCUT2D eigenvalue weighted by Crippen LogP contribution is 2.24. The van der Waals surface area contributed by atoms with E-state index in [4.69, 9.17) is 0 Å². The summed E-state index contributed by atoms with van der Waals surface area (Å²) in [7, 11) is -2.19. The number of carbonyl (C=O) groups is 1. The van der Waals surface area contributed by atoms with Crippen molar-refractivity contribution in [3.63, 3.8) is 0 Å². The molecule has 1 saturated heterocycles. The Labute approximate surface area is 118 Å². The number of sulfonamides is 1. The Morgan fingerprint density at radius 2 is 1.95 bits per heavy atom. The smallest absolute Gasteiger partial charge is 0.330 e. The predicted octanol–water partition coefficient (Wildman–Crippen LogP) is 1.49. The monoisotopic (exact) mass is 295 g/mol. The third-order valence-electron chi connectivity index (χ3n) is 3.24. The van der Waals surface area contributed by atoms with E-state index in [9.17, 15) is 13.2 Å². The minimum Gasteiger partial charge on any atom is -0.466 e. The average Bonchev–Trinajstić information content (AvgIpc) is 2.88. The van der Waals surface area contributed by atoms with E-state index in [-0.39, 0.29) is 11.4 Å². The molecule has 0 aliphatic carbocycles. The number of nitrogens with zero attached hydrogens (tertiary/aromatic N) is 1. The van der Waals surface area contributed by atoms with Crippen LogP contribution in [0.1, 0.15) is 12.0 Å². The number of carbonyl (C=O) groups excluding carboxylic acids is 1. The Hall–Kier alpha value is -1.66. The number of aryl methyl sites for hydroxylation is 1. The molecular formula is C14H17NO4S. The van der Waals surface area contributed by atoms with Gasteiger partial charge in [0, 0.05) is 19.2 Å². The third-order valence-corrected chi connectivity index (χ3v) is 5.10. The molecule has 1 aliphatic rings. The average molecular weight is 295 g/mol. The maximum absolute atomic E-state index is 12.4. The van der Waals surface area contributed by atoms with E-state index in [0.717, 1.165) is 11.1 Å². The van der Waals surface area contributed by atoms with Gasteiger partial charge in [0.2, 0.25) is 10.0 Å². The van der Waals surface area contributed by atoms with Crippen LogP contribution < -0.4 is 0 Å². The van der Waals surface area contributed by atoms with Gasteiger partial charge in [-0.25, -0.2) is 13.2 Å². The van der Waals surface area contributed by atoms with Crippen LogP contribution in [0.4, 0.5) is 0 Å². The lowest BCUT2D eigenvalue weighted by Crippen LogP contribution is -2.28. The summed E-state index contributed by atoms with van der Waals surface area (Å²) in [4.78, 5) is 11.4. The number of rotatable bonds is 3. The topological polar surface area (TPSA) is 63.7 Å². The molecule has 1 fully saturated rings. The molecule has 5 nitrogen and oxygen atoms in total. The highest BCUT2D eigenvalue weighted by molar-refractivity contribution is 7.89. The molecule has 0 saturated carbocycles. The molecule has 1 aromatic carbocycles. The van der Waals surface area contributed by atoms with Crippen LogP contribution in [-0.2, 0) is 19.6 Å². The van der Waals surface area contributed by atoms with Crippen molar-refractivity contribution < 1.29 is 17.9 Å². The van der Waals surface area contributed by atoms with Gasteiger partial charge in [-0.3, -0.25) is 0 Å². The van der Waals surface area contributed by atoms with Crippen molar-refractivity contribution in [1.29, 1.82) is 0 Å². The summed E-state index contributed by atoms with van der Waals surface area (Å²) in [6.45, 7) is 2.54. The lowest BCUT2D eigenvalue weighted by atomic mass is 10.2. The fourth-order valence-electron chi connectivity index (χ4n) is 2.06. The number of methoxy groups -OCH3 is 1. The second-order valence-corrected chi connectivity index (χ2v) is 6.67. The van der Waals surface area contributed by atoms with Crippen molar-refractivity contribution in [3.8, 4) is 0 Å². The standard InChI is InChI=1S/C14H17NO4S/c1-11-3-5-13(6-4-11)20(17,18)15-8-7-12(10-15)9-14(16)19-2/h3-6,9H,7-8,10H2,1-2H3/b12-9-. The van der Waals surface area contributed by atoms with Crippen LogP contribution >= 0.6 is 0 Å². The number of ether oxygens (including phenoxy) is 1. The van der Waals surface area contributed by atoms with Gasteiger partial charge < -0.3 is 4.74 Å². The molecule has 20 heavy (non-hydrogen) atoms. The third kappa shape index (κ3) is 3.08. The largest absolute Gasteiger partial charge is 0.466 e. The van der Waals surface area contributed by atoms with Gasteiger partial charge in [0.15, 0.2) is 0 Å². The van der Waals surface area contributed by atoms with Gasteiger partial charge in [-0.1, -0.05) is 17.7 Å². The zero-order chi connectivity index (χ0) is 14.8. The maximum atomic E-state index is 12.4. The molecule has 0 aromatic heterocycles. The zero-order valence-corrected chi connectivity index (χ0v) is 12.3. The fraction of sp³-hybridized carbons (Fsp3) is 0.357. The summed E-state index contributed by atoms with van der Waals surface area (Å²) in [5.41, 5.74) is 1.78. The molecule has 0 atom stereocenters. The van der Waals surface area contributed by atoms with Crippen LogP contribution in [-0.4, -0.2) is 38.9 Å². The first kappa shape index (κ1) is 14.7. The van der Waals surface area contributed by atoms with E-state index < -0.39 is 16.0 Å². The van der Waals surface area contributed by atoms with Crippen LogP contribution in [0.5, 0.6) is 0 Å². The highest BCUT2D eigenvalue weighted by atomic mass is 32.2. The van der Waals surface area contributed by atoms with E-state index in [1.807, 2.05) is 6.92 Å². The van der Waals surface area contributed by atoms with Crippen molar-refractivity contribution in [2.45, 2.75) is 18.2 Å². The van der Waals surface area contributed by atoms with E-state index in [1.165, 1.54) is 17.5 Å². The summed E-state index contributed by atoms with van der Waals surface area (Å²) < 4.78 is 30.8. The van der Waals surface area contributed by atoms with Gasteiger partial charge in [0.05, 0.1) is 12.0 Å². The van der Waals surface area contributed by atoms with Gasteiger partial charge in [-0.15, -0.1) is 0 Å². The first-order chi connectivity index (χ1) is 9.43. The maximum Gasteiger partial charge on any atom is 0.330 e. The van der Waals surface area contributed by atoms with Crippen molar-refractivity contribution in [2.24, 2.45) is 0 Å². The minimum atomic E-state index is -3.49. The molecule has 0 unspecified atom stereocenters. The van der Waals surface area contributed by atoms with Crippen LogP contribution in [0.15, 0.2) is 40.8 Å². The molecule has 0 N–H and O–H groups in total. The molecule has 0 radical (unpaired) electrons. The summed E-state index contributed by atoms with van der Waals surface area (Å²) in [5, 5.41) is 0. The normalized spacial score (nSPS) is 18.4. The van der Waals surface area contributed by atoms with E-state index >= 15 is 0 Å². The van der Waals surface area contributed by atoms with Gasteiger partial charge in [-0.2, -0.15) is 4.31 Å². The van der Waals surface area contributed by atoms with Crippen molar-refractivity contribution in [1.82, 2.24) is 4.31 Å². The molecule has 108 valence electrons. The van der Waals surface area contributed by atoms with Crippen molar-refractivity contribution >= 4 is 16.0 Å². The fourth-order valence-corrected chi connectivity index (χ4v) is 3.51. The Bertz CT molecular complexity index is 632. The van der Waals surface area contributed by atoms with Gasteiger partial charge >= 0.3 is 5.97 Å². The lowest BCUT2D eigenvalue weighted by molar-refractivity contribution is -0.134. The van der Waals surface area contributed by atoms with Gasteiger partial charge in [0.25, 0.3) is 0 Å². The molecule has 0 spiro atoms. The van der Waals surface area contributed by atoms with Gasteiger partial charge in [-0.05, 0) is 31.1 Å². The zero-order valence-electron chi connectivity index (χ0n) is 11.5. The van der Waals surface area contributed by atoms with Crippen LogP contribution in [0.2, 0.25) is 0 Å². The van der Waals surface area contributed by atoms with Crippen LogP contribution in [0.3, 0.4) is 0 Å². The SMILES string of the molecule is COC(=O)/C=C1/CCN(S(=O)(=O)c2ccc(C)cc2)C1. The van der Waals surface area contributed by atoms with E-state index in [1.54, 1.807) is 24.3 Å². The minimum absolute atomic E-state index is 0.241. The van der Waals surface area contributed by atoms with E-state index in [0.29, 0.717) is 13.0 Å². The molecule has 6 heteroatoms. The number of benzene rings is 1. The molecule has 1 aromatic rings. The lowest BCUT2D eigenvalue weighted by Gasteiger charge is -2.15. The highest BCUT2D eigenvalue weighted by Gasteiger charge is 2.29. The Balaban J connectivity index is 2.18. The Morgan fingerprint density at radius 3 is 2.55 bits per heavy atom. The first-order valence-electron chi connectivity index (χ1n) is 6.27. The molecule has 2 rings (SSSR count). The number of esters is 1. The Kier molecular flexibility index (Phi) is 4.25. The second-order valence-electron chi connectivity index (χ2n) is 4.73. The first-order valence-corrected chi connectivity index (χ1v) is 7.71. The molecule has 0 amide bonds. The molecule has 1 aliphatic heterocycles. The van der Waals surface area contributed by atoms with Crippen LogP contribution in [0, 0.1) is 6.92 Å². The summed E-state index contributed by atoms with van der Waals surface area (Å²) in [6, 6.07) is 6.75. The summed E-state index contributed by atoms with van der Waals surface area (Å²) in [5.74, 6) is -0.449. The Morgan fingerprint density at radius 1 is 1.30 bits per heavy atom. The second kappa shape index (κ2) is 5.76. The summed E-state index contributed by atoms with van der Waals surface area (Å²) in [6.07, 6.45) is 1.92. The van der Waals surface area contributed by atoms with Gasteiger partial charge in [0.1, 0.15) is 0 Å². The molecular weight excluding hydrogens is 278 g/mol. The van der Waals surface area contributed by atoms with Crippen LogP contribution in [0.25, 0.3) is 0 Å². The number of hydrogen-bond acceptors (Lipinski definition) is 4. The quantitative estimate of drug-likeness (QED) is 0.626. The summed E-state index contributed by atoms with van der Waals surface area (Å²) >= 11 is 0. The van der Waals surface area contributed by atoms with Crippen molar-refractivity contribution in [3.05, 3.63) is 41.5 Å². The molecule has 1 heterocycles. The predicted molar refractivity (Wildman–Crippen MR) is 74.7 cm³/mol. The van der Waals surface area contributed by atoms with Crippen molar-refractivity contribution in [2.75, 3.05) is 20.2 Å². The van der Waals surface area contributed by atoms with E-state index in [2.05, 4.69) is 4.74 Å². The number of hydrogen-bond donors (Lipinski definition) is 0. The molecule has 0 bridgehead atoms.